The number of sulfonamides is 1. The molecule has 0 amide bonds. The first-order valence-electron chi connectivity index (χ1n) is 6.78. The number of Topliss-reactive ketones (excluding diaryl/α,β-unsaturated/α-hetero) is 1. The van der Waals surface area contributed by atoms with Crippen LogP contribution in [0.3, 0.4) is 0 Å². The van der Waals surface area contributed by atoms with Gasteiger partial charge in [0.15, 0.2) is 5.78 Å². The maximum Gasteiger partial charge on any atom is 0.339 e. The third kappa shape index (κ3) is 3.74. The molecule has 22 heavy (non-hydrogen) atoms. The molecular formula is C14H16BrNO5S. The zero-order valence-corrected chi connectivity index (χ0v) is 14.4. The number of ether oxygens (including phenoxy) is 1. The largest absolute Gasteiger partial charge is 0.454 e. The van der Waals surface area contributed by atoms with E-state index in [1.807, 2.05) is 0 Å². The number of halogens is 1. The molecule has 0 N–H and O–H groups in total. The summed E-state index contributed by atoms with van der Waals surface area (Å²) in [5.74, 6) is -1.02. The van der Waals surface area contributed by atoms with Crippen LogP contribution in [0.5, 0.6) is 0 Å². The molecule has 0 unspecified atom stereocenters. The van der Waals surface area contributed by atoms with Gasteiger partial charge in [-0.2, -0.15) is 4.31 Å². The Balaban J connectivity index is 2.30. The smallest absolute Gasteiger partial charge is 0.339 e. The normalized spacial score (nSPS) is 15.7. The van der Waals surface area contributed by atoms with E-state index in [0.717, 1.165) is 12.8 Å². The standard InChI is InChI=1S/C14H16BrNO5S/c1-10(17)9-21-14(18)12-8-11(4-5-13(12)15)22(19,20)16-6-2-3-7-16/h4-5,8H,2-3,6-7,9H2,1H3. The lowest BCUT2D eigenvalue weighted by atomic mass is 10.2. The van der Waals surface area contributed by atoms with Gasteiger partial charge in [-0.15, -0.1) is 0 Å². The first-order chi connectivity index (χ1) is 10.3. The van der Waals surface area contributed by atoms with Crippen LogP contribution >= 0.6 is 15.9 Å². The number of nitrogens with zero attached hydrogens (tertiary/aromatic N) is 1. The molecule has 1 aromatic rings. The van der Waals surface area contributed by atoms with E-state index in [4.69, 9.17) is 4.74 Å². The molecular weight excluding hydrogens is 374 g/mol. The van der Waals surface area contributed by atoms with Crippen molar-refractivity contribution in [2.45, 2.75) is 24.7 Å². The van der Waals surface area contributed by atoms with Crippen molar-refractivity contribution in [3.05, 3.63) is 28.2 Å². The van der Waals surface area contributed by atoms with Crippen LogP contribution in [-0.2, 0) is 19.6 Å². The number of hydrogen-bond donors (Lipinski definition) is 0. The second-order valence-corrected chi connectivity index (χ2v) is 7.82. The minimum absolute atomic E-state index is 0.0485. The first-order valence-corrected chi connectivity index (χ1v) is 9.02. The number of benzene rings is 1. The molecule has 1 aliphatic rings. The molecule has 1 aliphatic heterocycles. The predicted molar refractivity (Wildman–Crippen MR) is 83.1 cm³/mol. The van der Waals surface area contributed by atoms with Crippen molar-refractivity contribution >= 4 is 37.7 Å². The van der Waals surface area contributed by atoms with Crippen LogP contribution in [0.15, 0.2) is 27.6 Å². The summed E-state index contributed by atoms with van der Waals surface area (Å²) in [6.45, 7) is 1.94. The second kappa shape index (κ2) is 6.89. The van der Waals surface area contributed by atoms with E-state index in [2.05, 4.69) is 15.9 Å². The molecule has 0 saturated carbocycles. The maximum absolute atomic E-state index is 12.5. The molecule has 0 bridgehead atoms. The fourth-order valence-corrected chi connectivity index (χ4v) is 4.10. The van der Waals surface area contributed by atoms with Crippen LogP contribution in [0.25, 0.3) is 0 Å². The van der Waals surface area contributed by atoms with Crippen molar-refractivity contribution < 1.29 is 22.7 Å². The molecule has 1 aromatic carbocycles. The summed E-state index contributed by atoms with van der Waals surface area (Å²) in [4.78, 5) is 22.9. The third-order valence-electron chi connectivity index (χ3n) is 3.27. The average Bonchev–Trinajstić information content (AvgIpc) is 2.99. The van der Waals surface area contributed by atoms with Crippen LogP contribution in [0.4, 0.5) is 0 Å². The molecule has 0 radical (unpaired) electrons. The molecule has 0 aliphatic carbocycles. The van der Waals surface area contributed by atoms with Gasteiger partial charge in [0.25, 0.3) is 0 Å². The SMILES string of the molecule is CC(=O)COC(=O)c1cc(S(=O)(=O)N2CCCC2)ccc1Br. The number of hydrogen-bond acceptors (Lipinski definition) is 5. The highest BCUT2D eigenvalue weighted by molar-refractivity contribution is 9.10. The van der Waals surface area contributed by atoms with Crippen molar-refractivity contribution in [3.8, 4) is 0 Å². The summed E-state index contributed by atoms with van der Waals surface area (Å²) in [5.41, 5.74) is 0.0847. The lowest BCUT2D eigenvalue weighted by molar-refractivity contribution is -0.120. The predicted octanol–water partition coefficient (Wildman–Crippen LogP) is 1.98. The zero-order valence-electron chi connectivity index (χ0n) is 12.0. The number of rotatable bonds is 5. The highest BCUT2D eigenvalue weighted by Crippen LogP contribution is 2.26. The van der Waals surface area contributed by atoms with Crippen molar-refractivity contribution in [2.75, 3.05) is 19.7 Å². The van der Waals surface area contributed by atoms with E-state index in [9.17, 15) is 18.0 Å². The summed E-state index contributed by atoms with van der Waals surface area (Å²) >= 11 is 3.19. The maximum atomic E-state index is 12.5. The fourth-order valence-electron chi connectivity index (χ4n) is 2.14. The van der Waals surface area contributed by atoms with Crippen LogP contribution in [0.1, 0.15) is 30.1 Å². The van der Waals surface area contributed by atoms with Crippen LogP contribution < -0.4 is 0 Å². The molecule has 1 fully saturated rings. The molecule has 0 atom stereocenters. The van der Waals surface area contributed by atoms with Gasteiger partial charge < -0.3 is 4.74 Å². The quantitative estimate of drug-likeness (QED) is 0.719. The van der Waals surface area contributed by atoms with Crippen molar-refractivity contribution in [2.24, 2.45) is 0 Å². The Bertz CT molecular complexity index is 695. The molecule has 1 saturated heterocycles. The van der Waals surface area contributed by atoms with Crippen LogP contribution in [-0.4, -0.2) is 44.2 Å². The Morgan fingerprint density at radius 1 is 1.27 bits per heavy atom. The Morgan fingerprint density at radius 3 is 2.50 bits per heavy atom. The molecule has 2 rings (SSSR count). The number of esters is 1. The average molecular weight is 390 g/mol. The van der Waals surface area contributed by atoms with Gasteiger partial charge in [0.05, 0.1) is 10.5 Å². The Morgan fingerprint density at radius 2 is 1.91 bits per heavy atom. The third-order valence-corrected chi connectivity index (χ3v) is 5.85. The van der Waals surface area contributed by atoms with Gasteiger partial charge in [-0.05, 0) is 53.9 Å². The van der Waals surface area contributed by atoms with Gasteiger partial charge in [-0.1, -0.05) is 0 Å². The molecule has 8 heteroatoms. The van der Waals surface area contributed by atoms with Crippen molar-refractivity contribution in [1.82, 2.24) is 4.31 Å². The van der Waals surface area contributed by atoms with Crippen molar-refractivity contribution in [3.63, 3.8) is 0 Å². The van der Waals surface area contributed by atoms with Gasteiger partial charge >= 0.3 is 5.97 Å². The van der Waals surface area contributed by atoms with Gasteiger partial charge in [-0.25, -0.2) is 13.2 Å². The number of carbonyl (C=O) groups is 2. The number of ketones is 1. The fraction of sp³-hybridized carbons (Fsp3) is 0.429. The lowest BCUT2D eigenvalue weighted by Gasteiger charge is -2.16. The monoisotopic (exact) mass is 389 g/mol. The Labute approximate surface area is 137 Å². The van der Waals surface area contributed by atoms with E-state index < -0.39 is 16.0 Å². The second-order valence-electron chi connectivity index (χ2n) is 5.03. The topological polar surface area (TPSA) is 80.8 Å². The highest BCUT2D eigenvalue weighted by Gasteiger charge is 2.28. The van der Waals surface area contributed by atoms with Crippen LogP contribution in [0.2, 0.25) is 0 Å². The van der Waals surface area contributed by atoms with Gasteiger partial charge in [0.2, 0.25) is 10.0 Å². The summed E-state index contributed by atoms with van der Waals surface area (Å²) in [5, 5.41) is 0. The van der Waals surface area contributed by atoms with E-state index in [1.54, 1.807) is 0 Å². The first kappa shape index (κ1) is 17.1. The van der Waals surface area contributed by atoms with Crippen molar-refractivity contribution in [1.29, 1.82) is 0 Å². The zero-order chi connectivity index (χ0) is 16.3. The lowest BCUT2D eigenvalue weighted by Crippen LogP contribution is -2.28. The van der Waals surface area contributed by atoms with E-state index in [-0.39, 0.29) is 22.8 Å². The van der Waals surface area contributed by atoms with Gasteiger partial charge in [0, 0.05) is 17.6 Å². The summed E-state index contributed by atoms with van der Waals surface area (Å²) < 4.78 is 31.6. The summed E-state index contributed by atoms with van der Waals surface area (Å²) in [7, 11) is -3.60. The molecule has 0 spiro atoms. The van der Waals surface area contributed by atoms with E-state index >= 15 is 0 Å². The molecule has 6 nitrogen and oxygen atoms in total. The molecule has 1 heterocycles. The van der Waals surface area contributed by atoms with E-state index in [1.165, 1.54) is 29.4 Å². The molecule has 0 aromatic heterocycles. The van der Waals surface area contributed by atoms with Gasteiger partial charge in [-0.3, -0.25) is 4.79 Å². The highest BCUT2D eigenvalue weighted by atomic mass is 79.9. The minimum Gasteiger partial charge on any atom is -0.454 e. The summed E-state index contributed by atoms with van der Waals surface area (Å²) in [6, 6.07) is 4.22. The van der Waals surface area contributed by atoms with Gasteiger partial charge in [0.1, 0.15) is 6.61 Å². The Kier molecular flexibility index (Phi) is 5.36. The summed E-state index contributed by atoms with van der Waals surface area (Å²) in [6.07, 6.45) is 1.67. The molecule has 120 valence electrons. The number of carbonyl (C=O) groups excluding carboxylic acids is 2. The Hall–Kier alpha value is -1.25. The van der Waals surface area contributed by atoms with Crippen LogP contribution in [0, 0.1) is 0 Å². The minimum atomic E-state index is -3.60. The van der Waals surface area contributed by atoms with E-state index in [0.29, 0.717) is 17.6 Å².